The van der Waals surface area contributed by atoms with E-state index in [0.29, 0.717) is 31.2 Å². The first kappa shape index (κ1) is 30.9. The molecule has 1 aromatic carbocycles. The van der Waals surface area contributed by atoms with E-state index in [1.807, 2.05) is 19.9 Å². The Labute approximate surface area is 255 Å². The number of aryl methyl sites for hydroxylation is 3. The molecule has 1 aliphatic carbocycles. The van der Waals surface area contributed by atoms with Crippen LogP contribution in [0.1, 0.15) is 50.6 Å². The summed E-state index contributed by atoms with van der Waals surface area (Å²) in [5.74, 6) is -0.435. The molecule has 1 unspecified atom stereocenters. The Bertz CT molecular complexity index is 1780. The quantitative estimate of drug-likeness (QED) is 0.167. The second-order valence-corrected chi connectivity index (χ2v) is 15.7. The lowest BCUT2D eigenvalue weighted by Gasteiger charge is -2.21. The number of carbonyl (C=O) groups excluding carboxylic acids is 1. The summed E-state index contributed by atoms with van der Waals surface area (Å²) in [6, 6.07) is 5.54. The van der Waals surface area contributed by atoms with E-state index in [9.17, 15) is 17.6 Å². The predicted octanol–water partition coefficient (Wildman–Crippen LogP) is 6.15. The molecule has 1 fully saturated rings. The second kappa shape index (κ2) is 11.9. The van der Waals surface area contributed by atoms with Crippen LogP contribution in [0, 0.1) is 43.8 Å². The summed E-state index contributed by atoms with van der Waals surface area (Å²) in [4.78, 5) is 31.1. The van der Waals surface area contributed by atoms with Gasteiger partial charge in [-0.2, -0.15) is 4.98 Å². The molecule has 0 radical (unpaired) electrons. The number of aldehydes is 1. The molecule has 4 aromatic rings. The molecule has 0 aliphatic heterocycles. The third-order valence-corrected chi connectivity index (χ3v) is 10.6. The topological polar surface area (TPSA) is 127 Å². The number of thiazole rings is 1. The minimum Gasteiger partial charge on any atom is -0.367 e. The predicted molar refractivity (Wildman–Crippen MR) is 169 cm³/mol. The number of sulfone groups is 1. The molecular formula is C31H37FN6O3S2. The summed E-state index contributed by atoms with van der Waals surface area (Å²) in [5, 5.41) is 7.63. The fraction of sp³-hybridized carbons (Fsp3) is 0.452. The zero-order valence-corrected chi connectivity index (χ0v) is 26.9. The normalized spacial score (nSPS) is 19.1. The van der Waals surface area contributed by atoms with Crippen molar-refractivity contribution in [2.24, 2.45) is 17.3 Å². The molecule has 2 N–H and O–H groups in total. The number of nitrogens with one attached hydrogen (secondary N) is 2. The van der Waals surface area contributed by atoms with Gasteiger partial charge < -0.3 is 15.4 Å². The molecule has 0 spiro atoms. The standard InChI is InChI=1S/C31H37FN6O3S2/c1-17-11-23(7-8-24(17)32)43(40,41)15-21-13-22(12-20(21)14-39)36-28-26(18(2)35-30(38-28)34-16-31(4,5)6)29-37-27-19(3)33-10-9-25(27)42-29/h7-11,14,20-22H,12-13,15-16H2,1-6H3,(H2,34,35,36,38)/t20?,21-,22+/m1/s1. The third-order valence-electron chi connectivity index (χ3n) is 7.76. The van der Waals surface area contributed by atoms with Gasteiger partial charge in [0.05, 0.1) is 32.3 Å². The molecule has 228 valence electrons. The third kappa shape index (κ3) is 6.85. The molecule has 3 atom stereocenters. The van der Waals surface area contributed by atoms with Crippen LogP contribution in [0.5, 0.6) is 0 Å². The van der Waals surface area contributed by atoms with Crippen LogP contribution in [0.3, 0.4) is 0 Å². The Balaban J connectivity index is 1.46. The van der Waals surface area contributed by atoms with Gasteiger partial charge in [0, 0.05) is 24.7 Å². The molecule has 5 rings (SSSR count). The average molecular weight is 625 g/mol. The number of hydrogen-bond donors (Lipinski definition) is 2. The highest BCUT2D eigenvalue weighted by Crippen LogP contribution is 2.40. The monoisotopic (exact) mass is 624 g/mol. The average Bonchev–Trinajstić information content (AvgIpc) is 3.52. The summed E-state index contributed by atoms with van der Waals surface area (Å²) in [7, 11) is -3.73. The first-order chi connectivity index (χ1) is 20.2. The minimum absolute atomic E-state index is 0.00545. The maximum Gasteiger partial charge on any atom is 0.224 e. The number of halogens is 1. The lowest BCUT2D eigenvalue weighted by atomic mass is 9.97. The molecule has 1 aliphatic rings. The van der Waals surface area contributed by atoms with Crippen molar-refractivity contribution >= 4 is 49.4 Å². The van der Waals surface area contributed by atoms with Crippen molar-refractivity contribution in [3.63, 3.8) is 0 Å². The highest BCUT2D eigenvalue weighted by molar-refractivity contribution is 7.91. The van der Waals surface area contributed by atoms with Crippen molar-refractivity contribution in [1.29, 1.82) is 0 Å². The molecule has 0 amide bonds. The van der Waals surface area contributed by atoms with Gasteiger partial charge in [0.15, 0.2) is 9.84 Å². The summed E-state index contributed by atoms with van der Waals surface area (Å²) in [6.45, 7) is 12.4. The summed E-state index contributed by atoms with van der Waals surface area (Å²) in [5.41, 5.74) is 3.44. The summed E-state index contributed by atoms with van der Waals surface area (Å²) >= 11 is 1.53. The van der Waals surface area contributed by atoms with E-state index in [0.717, 1.165) is 38.5 Å². The SMILES string of the molecule is Cc1cc(S(=O)(=O)C[C@H]2C[C@@H](Nc3nc(NCC(C)(C)C)nc(C)c3-c3nc4c(C)nccc4s3)CC2C=O)ccc1F. The Morgan fingerprint density at radius 1 is 1.07 bits per heavy atom. The Morgan fingerprint density at radius 3 is 2.51 bits per heavy atom. The highest BCUT2D eigenvalue weighted by atomic mass is 32.2. The van der Waals surface area contributed by atoms with Gasteiger partial charge >= 0.3 is 0 Å². The number of carbonyl (C=O) groups is 1. The zero-order chi connectivity index (χ0) is 31.1. The van der Waals surface area contributed by atoms with Crippen LogP contribution >= 0.6 is 11.3 Å². The molecule has 0 saturated heterocycles. The number of nitrogens with zero attached hydrogens (tertiary/aromatic N) is 4. The van der Waals surface area contributed by atoms with Crippen molar-refractivity contribution < 1.29 is 17.6 Å². The first-order valence-electron chi connectivity index (χ1n) is 14.3. The number of hydrogen-bond acceptors (Lipinski definition) is 10. The maximum atomic E-state index is 13.8. The molecule has 1 saturated carbocycles. The molecule has 0 bridgehead atoms. The fourth-order valence-corrected chi connectivity index (χ4v) is 8.34. The van der Waals surface area contributed by atoms with E-state index in [1.165, 1.54) is 36.5 Å². The molecule has 12 heteroatoms. The molecule has 9 nitrogen and oxygen atoms in total. The van der Waals surface area contributed by atoms with Gasteiger partial charge in [0.2, 0.25) is 5.95 Å². The lowest BCUT2D eigenvalue weighted by molar-refractivity contribution is -0.111. The Morgan fingerprint density at radius 2 is 1.84 bits per heavy atom. The van der Waals surface area contributed by atoms with Crippen LogP contribution < -0.4 is 10.6 Å². The van der Waals surface area contributed by atoms with Crippen LogP contribution in [0.2, 0.25) is 0 Å². The van der Waals surface area contributed by atoms with Gasteiger partial charge in [0.1, 0.15) is 28.4 Å². The minimum atomic E-state index is -3.73. The van der Waals surface area contributed by atoms with Gasteiger partial charge in [0.25, 0.3) is 0 Å². The van der Waals surface area contributed by atoms with Crippen molar-refractivity contribution in [3.05, 3.63) is 53.2 Å². The van der Waals surface area contributed by atoms with Gasteiger partial charge in [-0.25, -0.2) is 22.8 Å². The van der Waals surface area contributed by atoms with Crippen LogP contribution in [0.4, 0.5) is 16.2 Å². The highest BCUT2D eigenvalue weighted by Gasteiger charge is 2.38. The van der Waals surface area contributed by atoms with E-state index in [2.05, 4.69) is 36.4 Å². The van der Waals surface area contributed by atoms with Crippen molar-refractivity contribution in [2.45, 2.75) is 65.3 Å². The van der Waals surface area contributed by atoms with Gasteiger partial charge in [-0.1, -0.05) is 20.8 Å². The lowest BCUT2D eigenvalue weighted by Crippen LogP contribution is -2.23. The van der Waals surface area contributed by atoms with E-state index in [4.69, 9.17) is 15.0 Å². The molecule has 3 aromatic heterocycles. The van der Waals surface area contributed by atoms with Crippen LogP contribution in [0.15, 0.2) is 35.4 Å². The van der Waals surface area contributed by atoms with Gasteiger partial charge in [-0.05, 0) is 74.8 Å². The van der Waals surface area contributed by atoms with Crippen LogP contribution in [-0.2, 0) is 14.6 Å². The number of rotatable bonds is 9. The summed E-state index contributed by atoms with van der Waals surface area (Å²) in [6.07, 6.45) is 3.53. The van der Waals surface area contributed by atoms with Gasteiger partial charge in [-0.3, -0.25) is 4.98 Å². The number of aromatic nitrogens is 4. The molecular weight excluding hydrogens is 588 g/mol. The number of fused-ring (bicyclic) bond motifs is 1. The molecule has 3 heterocycles. The van der Waals surface area contributed by atoms with E-state index in [1.54, 1.807) is 6.20 Å². The van der Waals surface area contributed by atoms with Crippen molar-refractivity contribution in [3.8, 4) is 10.6 Å². The van der Waals surface area contributed by atoms with Crippen LogP contribution in [0.25, 0.3) is 20.8 Å². The Kier molecular flexibility index (Phi) is 8.54. The van der Waals surface area contributed by atoms with E-state index >= 15 is 0 Å². The van der Waals surface area contributed by atoms with Crippen molar-refractivity contribution in [1.82, 2.24) is 19.9 Å². The number of pyridine rings is 1. The van der Waals surface area contributed by atoms with Gasteiger partial charge in [-0.15, -0.1) is 11.3 Å². The van der Waals surface area contributed by atoms with Crippen molar-refractivity contribution in [2.75, 3.05) is 22.9 Å². The largest absolute Gasteiger partial charge is 0.367 e. The first-order valence-corrected chi connectivity index (χ1v) is 16.8. The second-order valence-electron chi connectivity index (χ2n) is 12.6. The molecule has 43 heavy (non-hydrogen) atoms. The Hall–Kier alpha value is -3.51. The van der Waals surface area contributed by atoms with E-state index in [-0.39, 0.29) is 27.7 Å². The maximum absolute atomic E-state index is 13.8. The number of anilines is 2. The number of benzene rings is 1. The van der Waals surface area contributed by atoms with E-state index < -0.39 is 27.5 Å². The smallest absolute Gasteiger partial charge is 0.224 e. The zero-order valence-electron chi connectivity index (χ0n) is 25.2. The van der Waals surface area contributed by atoms with Crippen LogP contribution in [-0.4, -0.2) is 53.0 Å². The summed E-state index contributed by atoms with van der Waals surface area (Å²) < 4.78 is 41.3. The fourth-order valence-electron chi connectivity index (χ4n) is 5.46.